The van der Waals surface area contributed by atoms with Gasteiger partial charge in [-0.05, 0) is 61.6 Å². The third-order valence-electron chi connectivity index (χ3n) is 6.33. The summed E-state index contributed by atoms with van der Waals surface area (Å²) in [4.78, 5) is 4.55. The third-order valence-corrected chi connectivity index (χ3v) is 6.33. The molecule has 0 bridgehead atoms. The summed E-state index contributed by atoms with van der Waals surface area (Å²) in [5, 5.41) is 0. The topological polar surface area (TPSA) is 30.8 Å². The van der Waals surface area contributed by atoms with Crippen LogP contribution >= 0.6 is 9.58 Å². The summed E-state index contributed by atoms with van der Waals surface area (Å²) in [6.45, 7) is 13.5. The molecule has 178 valence electrons. The number of methoxy groups -OCH3 is 2. The zero-order valence-corrected chi connectivity index (χ0v) is 23.9. The predicted molar refractivity (Wildman–Crippen MR) is 135 cm³/mol. The van der Waals surface area contributed by atoms with Gasteiger partial charge in [0.05, 0.1) is 19.9 Å². The predicted octanol–water partition coefficient (Wildman–Crippen LogP) is 8.03. The molecule has 1 aliphatic carbocycles. The Morgan fingerprint density at radius 1 is 0.906 bits per heavy atom. The zero-order chi connectivity index (χ0) is 23.6. The van der Waals surface area contributed by atoms with Crippen LogP contribution in [0.5, 0.6) is 11.5 Å². The summed E-state index contributed by atoms with van der Waals surface area (Å²) in [5.41, 5.74) is 5.95. The average molecular weight is 635 g/mol. The van der Waals surface area contributed by atoms with Gasteiger partial charge in [-0.15, -0.1) is 29.8 Å². The van der Waals surface area contributed by atoms with E-state index in [1.54, 1.807) is 25.4 Å². The molecule has 1 aliphatic rings. The fraction of sp³-hybridized carbons (Fsp3) is 0.407. The van der Waals surface area contributed by atoms with Crippen LogP contribution in [0.15, 0.2) is 58.6 Å². The number of nitrogens with zero attached hydrogens (tertiary/aromatic N) is 1. The van der Waals surface area contributed by atoms with Gasteiger partial charge in [-0.3, -0.25) is 0 Å². The first-order valence-corrected chi connectivity index (χ1v) is 13.3. The summed E-state index contributed by atoms with van der Waals surface area (Å²) >= 11 is 1.47. The van der Waals surface area contributed by atoms with Gasteiger partial charge in [0.15, 0.2) is 0 Å². The first kappa shape index (κ1) is 30.4. The third kappa shape index (κ3) is 8.39. The average Bonchev–Trinajstić information content (AvgIpc) is 2.98. The van der Waals surface area contributed by atoms with Gasteiger partial charge < -0.3 is 21.9 Å². The Labute approximate surface area is 210 Å². The fourth-order valence-corrected chi connectivity index (χ4v) is 3.63. The second-order valence-electron chi connectivity index (χ2n) is 7.84. The normalized spacial score (nSPS) is 19.7. The van der Waals surface area contributed by atoms with E-state index < -0.39 is 0 Å². The maximum absolute atomic E-state index is 5.19. The van der Waals surface area contributed by atoms with Crippen LogP contribution in [0.3, 0.4) is 0 Å². The van der Waals surface area contributed by atoms with Crippen molar-refractivity contribution < 1.29 is 27.4 Å². The monoisotopic (exact) mass is 635 g/mol. The molecule has 32 heavy (non-hydrogen) atoms. The number of allylic oxidation sites excluding steroid dienone is 2. The second-order valence-corrected chi connectivity index (χ2v) is 7.84. The minimum absolute atomic E-state index is 0. The molecule has 0 aromatic heterocycles. The van der Waals surface area contributed by atoms with Crippen molar-refractivity contribution >= 4 is 21.0 Å². The number of aliphatic imine (C=N–C) groups is 1. The van der Waals surface area contributed by atoms with E-state index in [1.807, 2.05) is 49.4 Å². The van der Waals surface area contributed by atoms with Crippen LogP contribution in [-0.4, -0.2) is 19.9 Å². The molecule has 3 nitrogen and oxygen atoms in total. The van der Waals surface area contributed by atoms with Crippen LogP contribution < -0.4 is 9.47 Å². The molecule has 3 rings (SSSR count). The standard InChI is InChI=1S/C16H16NO2.C10H18.CH3.ClH.Ir/c1-12(13-5-4-6-16(11-13)19-3)17-14-7-9-15(18-2)10-8-14;1-6-7(2)9(4)10(5)8(6)3;;;/h4,6-11H,1-3H3;6-8H,1-5H3;1H3;1H;/q-1;;-1;;+3/p-1. The van der Waals surface area contributed by atoms with Crippen molar-refractivity contribution in [3.05, 3.63) is 72.7 Å². The molecular formula is C27H37ClIrNO2. The van der Waals surface area contributed by atoms with E-state index in [2.05, 4.69) is 55.3 Å². The van der Waals surface area contributed by atoms with Crippen molar-refractivity contribution in [2.45, 2.75) is 41.5 Å². The molecule has 0 fully saturated rings. The summed E-state index contributed by atoms with van der Waals surface area (Å²) in [6.07, 6.45) is 0. The van der Waals surface area contributed by atoms with Crippen LogP contribution in [0.2, 0.25) is 0 Å². The Bertz CT molecular complexity index is 859. The zero-order valence-electron chi connectivity index (χ0n) is 20.7. The second kappa shape index (κ2) is 15.3. The molecule has 2 atom stereocenters. The molecule has 2 aromatic carbocycles. The molecule has 0 saturated carbocycles. The number of hydrogen-bond acceptors (Lipinski definition) is 3. The van der Waals surface area contributed by atoms with Crippen molar-refractivity contribution in [1.82, 2.24) is 0 Å². The van der Waals surface area contributed by atoms with E-state index >= 15 is 0 Å². The van der Waals surface area contributed by atoms with E-state index in [9.17, 15) is 0 Å². The van der Waals surface area contributed by atoms with E-state index in [4.69, 9.17) is 9.47 Å². The van der Waals surface area contributed by atoms with Crippen LogP contribution in [-0.2, 0) is 17.9 Å². The van der Waals surface area contributed by atoms with Crippen LogP contribution in [0.4, 0.5) is 5.69 Å². The Balaban J connectivity index is 0.000000628. The van der Waals surface area contributed by atoms with E-state index in [0.717, 1.165) is 46.2 Å². The van der Waals surface area contributed by atoms with Gasteiger partial charge in [0.1, 0.15) is 5.75 Å². The number of halogens is 1. The van der Waals surface area contributed by atoms with Crippen molar-refractivity contribution in [2.24, 2.45) is 22.7 Å². The van der Waals surface area contributed by atoms with E-state index in [1.165, 1.54) is 17.9 Å². The van der Waals surface area contributed by atoms with E-state index in [0.29, 0.717) is 0 Å². The minimum atomic E-state index is 0. The summed E-state index contributed by atoms with van der Waals surface area (Å²) in [5.74, 6) is 4.12. The van der Waals surface area contributed by atoms with Crippen molar-refractivity contribution in [2.75, 3.05) is 14.2 Å². The molecule has 0 heterocycles. The first-order valence-electron chi connectivity index (χ1n) is 10.3. The number of benzene rings is 2. The Morgan fingerprint density at radius 3 is 1.81 bits per heavy atom. The van der Waals surface area contributed by atoms with Gasteiger partial charge >= 0.3 is 27.5 Å². The first-order chi connectivity index (χ1) is 14.8. The van der Waals surface area contributed by atoms with Crippen molar-refractivity contribution in [1.29, 1.82) is 0 Å². The van der Waals surface area contributed by atoms with Crippen LogP contribution in [0, 0.1) is 31.2 Å². The van der Waals surface area contributed by atoms with Crippen LogP contribution in [0.25, 0.3) is 0 Å². The van der Waals surface area contributed by atoms with Gasteiger partial charge in [0, 0.05) is 5.75 Å². The Hall–Kier alpha value is -1.61. The Kier molecular flexibility index (Phi) is 14.5. The van der Waals surface area contributed by atoms with E-state index in [-0.39, 0.29) is 7.43 Å². The molecule has 0 radical (unpaired) electrons. The summed E-state index contributed by atoms with van der Waals surface area (Å²) in [6, 6.07) is 16.4. The number of hydrogen-bond donors (Lipinski definition) is 0. The van der Waals surface area contributed by atoms with Crippen molar-refractivity contribution in [3.63, 3.8) is 0 Å². The molecule has 2 aromatic rings. The Morgan fingerprint density at radius 2 is 1.41 bits per heavy atom. The number of ether oxygens (including phenoxy) is 2. The quantitative estimate of drug-likeness (QED) is 0.194. The molecule has 0 N–H and O–H groups in total. The number of rotatable bonds is 4. The fourth-order valence-electron chi connectivity index (χ4n) is 3.63. The molecule has 0 spiro atoms. The molecule has 2 unspecified atom stereocenters. The SMILES string of the molecule is CC1=C(C)C(C)C(C)C1C.COc1ccc(N=C(C)c2[c-]ccc(OC)c2)cc1.[CH3-].[Cl][Ir+2]. The van der Waals surface area contributed by atoms with Gasteiger partial charge in [0.25, 0.3) is 0 Å². The van der Waals surface area contributed by atoms with Gasteiger partial charge in [-0.25, -0.2) is 0 Å². The van der Waals surface area contributed by atoms with Gasteiger partial charge in [-0.2, -0.15) is 0 Å². The van der Waals surface area contributed by atoms with Gasteiger partial charge in [0.2, 0.25) is 0 Å². The molecule has 0 amide bonds. The molecular weight excluding hydrogens is 598 g/mol. The van der Waals surface area contributed by atoms with Crippen molar-refractivity contribution in [3.8, 4) is 11.5 Å². The molecule has 0 aliphatic heterocycles. The van der Waals surface area contributed by atoms with Crippen LogP contribution in [0.1, 0.15) is 47.1 Å². The summed E-state index contributed by atoms with van der Waals surface area (Å²) in [7, 11) is 7.93. The molecule has 5 heteroatoms. The maximum atomic E-state index is 5.19. The molecule has 0 saturated heterocycles. The van der Waals surface area contributed by atoms with Gasteiger partial charge in [-0.1, -0.05) is 38.8 Å². The summed E-state index contributed by atoms with van der Waals surface area (Å²) < 4.78 is 10.3.